The van der Waals surface area contributed by atoms with Gasteiger partial charge in [-0.15, -0.1) is 0 Å². The topological polar surface area (TPSA) is 50.7 Å². The molecule has 2 aliphatic heterocycles. The van der Waals surface area contributed by atoms with Gasteiger partial charge in [-0.1, -0.05) is 0 Å². The van der Waals surface area contributed by atoms with Crippen molar-refractivity contribution in [3.05, 3.63) is 0 Å². The minimum atomic E-state index is 0.0364. The lowest BCUT2D eigenvalue weighted by Crippen LogP contribution is -2.50. The normalized spacial score (nSPS) is 31.8. The molecule has 1 N–H and O–H groups in total. The Morgan fingerprint density at radius 3 is 3.36 bits per heavy atom. The molecule has 1 saturated heterocycles. The monoisotopic (exact) mass is 214 g/mol. The molecule has 1 fully saturated rings. The standard InChI is InChI=1S/C9H14N2O2S/c1-14-5-8-10-7-4-13-3-2-6(7)9(12)11-8/h6-7H,2-5H2,1H3,(H,10,11,12)/t6-,7+/m1/s1. The van der Waals surface area contributed by atoms with Crippen LogP contribution in [0.2, 0.25) is 0 Å². The number of fused-ring (bicyclic) bond motifs is 1. The lowest BCUT2D eigenvalue weighted by Gasteiger charge is -2.32. The van der Waals surface area contributed by atoms with Gasteiger partial charge in [0.05, 0.1) is 24.3 Å². The van der Waals surface area contributed by atoms with Crippen molar-refractivity contribution in [3.8, 4) is 0 Å². The molecule has 0 aromatic heterocycles. The molecule has 1 amide bonds. The lowest BCUT2D eigenvalue weighted by atomic mass is 9.93. The van der Waals surface area contributed by atoms with Gasteiger partial charge < -0.3 is 10.1 Å². The molecule has 0 radical (unpaired) electrons. The summed E-state index contributed by atoms with van der Waals surface area (Å²) in [6, 6.07) is 0.0552. The summed E-state index contributed by atoms with van der Waals surface area (Å²) in [7, 11) is 0. The van der Waals surface area contributed by atoms with Crippen molar-refractivity contribution in [2.75, 3.05) is 25.2 Å². The number of hydrogen-bond acceptors (Lipinski definition) is 4. The molecule has 78 valence electrons. The van der Waals surface area contributed by atoms with Crippen LogP contribution >= 0.6 is 11.8 Å². The largest absolute Gasteiger partial charge is 0.379 e. The van der Waals surface area contributed by atoms with Crippen molar-refractivity contribution in [2.45, 2.75) is 12.5 Å². The molecule has 2 aliphatic rings. The van der Waals surface area contributed by atoms with E-state index in [0.717, 1.165) is 18.0 Å². The minimum Gasteiger partial charge on any atom is -0.379 e. The zero-order valence-electron chi connectivity index (χ0n) is 8.16. The molecule has 14 heavy (non-hydrogen) atoms. The van der Waals surface area contributed by atoms with Gasteiger partial charge >= 0.3 is 0 Å². The fourth-order valence-corrected chi connectivity index (χ4v) is 2.25. The smallest absolute Gasteiger partial charge is 0.230 e. The van der Waals surface area contributed by atoms with Gasteiger partial charge in [-0.2, -0.15) is 11.8 Å². The molecule has 0 unspecified atom stereocenters. The van der Waals surface area contributed by atoms with E-state index in [1.165, 1.54) is 0 Å². The van der Waals surface area contributed by atoms with Gasteiger partial charge in [0.15, 0.2) is 0 Å². The van der Waals surface area contributed by atoms with Crippen LogP contribution in [0.5, 0.6) is 0 Å². The second kappa shape index (κ2) is 4.31. The van der Waals surface area contributed by atoms with Gasteiger partial charge in [0.2, 0.25) is 5.91 Å². The summed E-state index contributed by atoms with van der Waals surface area (Å²) in [4.78, 5) is 16.1. The van der Waals surface area contributed by atoms with Crippen LogP contribution in [0.1, 0.15) is 6.42 Å². The van der Waals surface area contributed by atoms with Crippen LogP contribution in [-0.2, 0) is 9.53 Å². The third-order valence-electron chi connectivity index (χ3n) is 2.53. The van der Waals surface area contributed by atoms with Crippen LogP contribution in [0.3, 0.4) is 0 Å². The van der Waals surface area contributed by atoms with E-state index in [0.29, 0.717) is 13.2 Å². The molecule has 0 aromatic carbocycles. The summed E-state index contributed by atoms with van der Waals surface area (Å²) in [5.41, 5.74) is 0. The third kappa shape index (κ3) is 1.93. The Hall–Kier alpha value is -0.550. The molecule has 2 atom stereocenters. The predicted octanol–water partition coefficient (Wildman–Crippen LogP) is 0.283. The van der Waals surface area contributed by atoms with Crippen LogP contribution in [-0.4, -0.2) is 43.0 Å². The molecule has 4 nitrogen and oxygen atoms in total. The van der Waals surface area contributed by atoms with Gasteiger partial charge in [0.1, 0.15) is 5.84 Å². The molecule has 2 rings (SSSR count). The maximum atomic E-state index is 11.7. The van der Waals surface area contributed by atoms with Crippen LogP contribution < -0.4 is 5.32 Å². The Kier molecular flexibility index (Phi) is 3.08. The van der Waals surface area contributed by atoms with Crippen LogP contribution in [0.4, 0.5) is 0 Å². The number of rotatable bonds is 2. The number of aliphatic imine (C=N–C) groups is 1. The Morgan fingerprint density at radius 1 is 1.71 bits per heavy atom. The Labute approximate surface area is 87.5 Å². The molecule has 0 spiro atoms. The number of nitrogens with zero attached hydrogens (tertiary/aromatic N) is 1. The van der Waals surface area contributed by atoms with Crippen molar-refractivity contribution in [3.63, 3.8) is 0 Å². The number of carbonyl (C=O) groups excluding carboxylic acids is 1. The maximum Gasteiger partial charge on any atom is 0.230 e. The number of thioether (sulfide) groups is 1. The van der Waals surface area contributed by atoms with E-state index in [2.05, 4.69) is 10.3 Å². The summed E-state index contributed by atoms with van der Waals surface area (Å²) in [5.74, 6) is 1.73. The number of nitrogens with one attached hydrogen (secondary N) is 1. The first-order valence-electron chi connectivity index (χ1n) is 4.75. The molecule has 5 heteroatoms. The lowest BCUT2D eigenvalue weighted by molar-refractivity contribution is -0.127. The van der Waals surface area contributed by atoms with Crippen molar-refractivity contribution in [1.29, 1.82) is 0 Å². The highest BCUT2D eigenvalue weighted by Gasteiger charge is 2.35. The van der Waals surface area contributed by atoms with Gasteiger partial charge in [-0.05, 0) is 12.7 Å². The Morgan fingerprint density at radius 2 is 2.57 bits per heavy atom. The number of ether oxygens (including phenoxy) is 1. The average Bonchev–Trinajstić information content (AvgIpc) is 2.18. The number of amidine groups is 1. The predicted molar refractivity (Wildman–Crippen MR) is 56.7 cm³/mol. The zero-order chi connectivity index (χ0) is 9.97. The highest BCUT2D eigenvalue weighted by Crippen LogP contribution is 2.21. The highest BCUT2D eigenvalue weighted by atomic mass is 32.2. The van der Waals surface area contributed by atoms with Crippen LogP contribution in [0, 0.1) is 5.92 Å². The molecular weight excluding hydrogens is 200 g/mol. The molecular formula is C9H14N2O2S. The quantitative estimate of drug-likeness (QED) is 0.718. The van der Waals surface area contributed by atoms with E-state index in [9.17, 15) is 4.79 Å². The number of amides is 1. The zero-order valence-corrected chi connectivity index (χ0v) is 8.97. The summed E-state index contributed by atoms with van der Waals surface area (Å²) >= 11 is 1.66. The SMILES string of the molecule is CSCC1=N[C@H]2COCC[C@H]2C(=O)N1. The molecule has 2 heterocycles. The van der Waals surface area contributed by atoms with Gasteiger partial charge in [-0.25, -0.2) is 0 Å². The number of hydrogen-bond donors (Lipinski definition) is 1. The summed E-state index contributed by atoms with van der Waals surface area (Å²) < 4.78 is 5.32. The third-order valence-corrected chi connectivity index (χ3v) is 3.10. The van der Waals surface area contributed by atoms with Crippen LogP contribution in [0.15, 0.2) is 4.99 Å². The Balaban J connectivity index is 2.10. The molecule has 0 aromatic rings. The molecule has 0 aliphatic carbocycles. The van der Waals surface area contributed by atoms with E-state index < -0.39 is 0 Å². The fraction of sp³-hybridized carbons (Fsp3) is 0.778. The average molecular weight is 214 g/mol. The summed E-state index contributed by atoms with van der Waals surface area (Å²) in [6.45, 7) is 1.28. The first-order valence-corrected chi connectivity index (χ1v) is 6.15. The van der Waals surface area contributed by atoms with E-state index in [1.807, 2.05) is 6.26 Å². The van der Waals surface area contributed by atoms with Crippen LogP contribution in [0.25, 0.3) is 0 Å². The highest BCUT2D eigenvalue weighted by molar-refractivity contribution is 7.99. The van der Waals surface area contributed by atoms with E-state index in [-0.39, 0.29) is 17.9 Å². The van der Waals surface area contributed by atoms with Crippen molar-refractivity contribution < 1.29 is 9.53 Å². The summed E-state index contributed by atoms with van der Waals surface area (Å²) in [5, 5.41) is 2.85. The summed E-state index contributed by atoms with van der Waals surface area (Å²) in [6.07, 6.45) is 2.80. The number of carbonyl (C=O) groups is 1. The minimum absolute atomic E-state index is 0.0364. The molecule has 0 bridgehead atoms. The van der Waals surface area contributed by atoms with E-state index >= 15 is 0 Å². The second-order valence-electron chi connectivity index (χ2n) is 3.54. The van der Waals surface area contributed by atoms with Crippen molar-refractivity contribution in [1.82, 2.24) is 5.32 Å². The van der Waals surface area contributed by atoms with Gasteiger partial charge in [0.25, 0.3) is 0 Å². The van der Waals surface area contributed by atoms with E-state index in [1.54, 1.807) is 11.8 Å². The maximum absolute atomic E-state index is 11.7. The first-order chi connectivity index (χ1) is 6.81. The van der Waals surface area contributed by atoms with Crippen molar-refractivity contribution >= 4 is 23.5 Å². The van der Waals surface area contributed by atoms with Crippen molar-refractivity contribution in [2.24, 2.45) is 10.9 Å². The van der Waals surface area contributed by atoms with E-state index in [4.69, 9.17) is 4.74 Å². The second-order valence-corrected chi connectivity index (χ2v) is 4.40. The molecule has 0 saturated carbocycles. The Bertz CT molecular complexity index is 268. The van der Waals surface area contributed by atoms with Gasteiger partial charge in [0, 0.05) is 6.61 Å². The first kappa shape index (κ1) is 9.98. The fourth-order valence-electron chi connectivity index (χ4n) is 1.83. The van der Waals surface area contributed by atoms with Gasteiger partial charge in [-0.3, -0.25) is 9.79 Å².